The van der Waals surface area contributed by atoms with E-state index in [1.54, 1.807) is 18.5 Å². The summed E-state index contributed by atoms with van der Waals surface area (Å²) in [5.74, 6) is 0.462. The van der Waals surface area contributed by atoms with E-state index in [-0.39, 0.29) is 17.3 Å². The van der Waals surface area contributed by atoms with Crippen LogP contribution in [-0.2, 0) is 9.84 Å². The van der Waals surface area contributed by atoms with E-state index in [9.17, 15) is 13.2 Å². The number of amides is 2. The van der Waals surface area contributed by atoms with Crippen LogP contribution in [0, 0.1) is 0 Å². The third-order valence-electron chi connectivity index (χ3n) is 6.90. The number of aliphatic imine (C=N–C) groups is 1. The van der Waals surface area contributed by atoms with Crippen LogP contribution in [0.1, 0.15) is 44.1 Å². The Bertz CT molecular complexity index is 1230. The molecular weight excluding hydrogens is 478 g/mol. The van der Waals surface area contributed by atoms with Crippen LogP contribution in [-0.4, -0.2) is 79.3 Å². The molecule has 1 saturated carbocycles. The molecule has 36 heavy (non-hydrogen) atoms. The number of allylic oxidation sites excluding steroid dienone is 1. The summed E-state index contributed by atoms with van der Waals surface area (Å²) in [4.78, 5) is 28.1. The Hall–Kier alpha value is -3.05. The molecule has 2 aliphatic rings. The van der Waals surface area contributed by atoms with E-state index in [4.69, 9.17) is 5.73 Å². The largest absolute Gasteiger partial charge is 0.404 e. The lowest BCUT2D eigenvalue weighted by molar-refractivity contribution is 0.236. The Morgan fingerprint density at radius 1 is 1.19 bits per heavy atom. The number of carbonyl (C=O) groups excluding carboxylic acids is 1. The molecule has 1 aliphatic heterocycles. The van der Waals surface area contributed by atoms with Crippen molar-refractivity contribution < 1.29 is 13.2 Å². The molecule has 0 unspecified atom stereocenters. The topological polar surface area (TPSA) is 143 Å². The van der Waals surface area contributed by atoms with Gasteiger partial charge in [0.25, 0.3) is 0 Å². The highest BCUT2D eigenvalue weighted by atomic mass is 32.2. The zero-order valence-electron chi connectivity index (χ0n) is 20.7. The molecule has 0 radical (unpaired) electrons. The minimum atomic E-state index is -2.96. The normalized spacial score (nSPS) is 18.8. The van der Waals surface area contributed by atoms with Gasteiger partial charge in [-0.3, -0.25) is 15.3 Å². The van der Waals surface area contributed by atoms with E-state index >= 15 is 0 Å². The Labute approximate surface area is 212 Å². The molecule has 1 saturated heterocycles. The Morgan fingerprint density at radius 2 is 1.94 bits per heavy atom. The fourth-order valence-corrected chi connectivity index (χ4v) is 5.85. The van der Waals surface area contributed by atoms with Crippen molar-refractivity contribution in [3.63, 3.8) is 0 Å². The molecule has 0 bridgehead atoms. The summed E-state index contributed by atoms with van der Waals surface area (Å²) >= 11 is 0. The number of piperidine rings is 1. The molecule has 4 rings (SSSR count). The first-order valence-corrected chi connectivity index (χ1v) is 14.4. The number of sulfone groups is 1. The first-order valence-electron chi connectivity index (χ1n) is 12.5. The third-order valence-corrected chi connectivity index (χ3v) is 8.58. The van der Waals surface area contributed by atoms with Crippen molar-refractivity contribution in [3.05, 3.63) is 36.2 Å². The van der Waals surface area contributed by atoms with Gasteiger partial charge in [0.05, 0.1) is 22.8 Å². The van der Waals surface area contributed by atoms with Gasteiger partial charge >= 0.3 is 6.03 Å². The second-order valence-corrected chi connectivity index (χ2v) is 11.9. The summed E-state index contributed by atoms with van der Waals surface area (Å²) in [7, 11) is -2.96. The lowest BCUT2D eigenvalue weighted by atomic mass is 10.1. The van der Waals surface area contributed by atoms with Crippen LogP contribution in [0.2, 0.25) is 0 Å². The number of rotatable bonds is 8. The molecule has 194 valence electrons. The molecule has 1 aliphatic carbocycles. The maximum Gasteiger partial charge on any atom is 0.320 e. The van der Waals surface area contributed by atoms with E-state index in [1.807, 2.05) is 12.1 Å². The van der Waals surface area contributed by atoms with Gasteiger partial charge in [-0.05, 0) is 57.0 Å². The molecule has 0 aromatic carbocycles. The SMILES string of the molecule is CS(=O)(=O)C1CCN(CCN=CC(=CN)c2cnc3ccc(NC(=O)NC4CCCC4)nc3c2)CC1. The minimum Gasteiger partial charge on any atom is -0.404 e. The molecule has 4 N–H and O–H groups in total. The summed E-state index contributed by atoms with van der Waals surface area (Å²) in [6.45, 7) is 2.88. The van der Waals surface area contributed by atoms with Crippen LogP contribution in [0.3, 0.4) is 0 Å². The van der Waals surface area contributed by atoms with Crippen molar-refractivity contribution in [2.75, 3.05) is 37.8 Å². The van der Waals surface area contributed by atoms with Crippen LogP contribution in [0.25, 0.3) is 16.6 Å². The van der Waals surface area contributed by atoms with Crippen molar-refractivity contribution in [3.8, 4) is 0 Å². The van der Waals surface area contributed by atoms with Crippen LogP contribution in [0.5, 0.6) is 0 Å². The van der Waals surface area contributed by atoms with Gasteiger partial charge in [0.2, 0.25) is 0 Å². The van der Waals surface area contributed by atoms with Gasteiger partial charge in [0.15, 0.2) is 0 Å². The molecule has 2 amide bonds. The number of fused-ring (bicyclic) bond motifs is 1. The number of urea groups is 1. The van der Waals surface area contributed by atoms with Gasteiger partial charge in [0.1, 0.15) is 15.7 Å². The molecular formula is C25H35N7O3S. The van der Waals surface area contributed by atoms with Gasteiger partial charge in [0, 0.05) is 48.6 Å². The summed E-state index contributed by atoms with van der Waals surface area (Å²) < 4.78 is 23.4. The highest BCUT2D eigenvalue weighted by molar-refractivity contribution is 7.91. The fourth-order valence-electron chi connectivity index (χ4n) is 4.78. The average Bonchev–Trinajstić information content (AvgIpc) is 3.36. The smallest absolute Gasteiger partial charge is 0.320 e. The van der Waals surface area contributed by atoms with Crippen molar-refractivity contribution >= 4 is 44.5 Å². The zero-order valence-corrected chi connectivity index (χ0v) is 21.5. The number of hydrogen-bond acceptors (Lipinski definition) is 8. The number of pyridine rings is 2. The number of nitrogens with zero attached hydrogens (tertiary/aromatic N) is 4. The van der Waals surface area contributed by atoms with Crippen LogP contribution in [0.4, 0.5) is 10.6 Å². The van der Waals surface area contributed by atoms with E-state index in [0.29, 0.717) is 36.2 Å². The maximum absolute atomic E-state index is 12.3. The minimum absolute atomic E-state index is 0.226. The Balaban J connectivity index is 1.33. The molecule has 2 aromatic rings. The van der Waals surface area contributed by atoms with Crippen molar-refractivity contribution in [2.24, 2.45) is 10.7 Å². The quantitative estimate of drug-likeness (QED) is 0.460. The first-order chi connectivity index (χ1) is 17.3. The van der Waals surface area contributed by atoms with E-state index in [2.05, 4.69) is 30.5 Å². The van der Waals surface area contributed by atoms with Crippen molar-refractivity contribution in [1.82, 2.24) is 20.2 Å². The lowest BCUT2D eigenvalue weighted by Gasteiger charge is -2.30. The zero-order chi connectivity index (χ0) is 25.5. The van der Waals surface area contributed by atoms with Gasteiger partial charge in [-0.1, -0.05) is 12.8 Å². The Kier molecular flexibility index (Phi) is 8.52. The molecule has 11 heteroatoms. The number of carbonyl (C=O) groups is 1. The highest BCUT2D eigenvalue weighted by Gasteiger charge is 2.26. The van der Waals surface area contributed by atoms with Crippen LogP contribution < -0.4 is 16.4 Å². The maximum atomic E-state index is 12.3. The predicted molar refractivity (Wildman–Crippen MR) is 144 cm³/mol. The van der Waals surface area contributed by atoms with Gasteiger partial charge in [-0.25, -0.2) is 18.2 Å². The van der Waals surface area contributed by atoms with Gasteiger partial charge in [-0.15, -0.1) is 0 Å². The summed E-state index contributed by atoms with van der Waals surface area (Å²) in [5.41, 5.74) is 8.73. The molecule has 0 spiro atoms. The standard InChI is InChI=1S/C25H35N7O3S/c1-36(34,35)21-8-11-32(12-9-21)13-10-27-16-19(15-26)18-14-23-22(28-17-18)6-7-24(30-23)31-25(33)29-20-4-2-3-5-20/h6-7,14-17,20-21H,2-5,8-13,26H2,1H3,(H2,29,30,31,33). The number of nitrogens with two attached hydrogens (primary N) is 1. The van der Waals surface area contributed by atoms with Crippen molar-refractivity contribution in [2.45, 2.75) is 49.8 Å². The Morgan fingerprint density at radius 3 is 2.64 bits per heavy atom. The van der Waals surface area contributed by atoms with Gasteiger partial charge < -0.3 is 16.0 Å². The monoisotopic (exact) mass is 513 g/mol. The first kappa shape index (κ1) is 26.0. The van der Waals surface area contributed by atoms with E-state index in [1.165, 1.54) is 12.5 Å². The summed E-state index contributed by atoms with van der Waals surface area (Å²) in [6, 6.07) is 5.43. The molecule has 3 heterocycles. The van der Waals surface area contributed by atoms with E-state index in [0.717, 1.165) is 56.5 Å². The lowest BCUT2D eigenvalue weighted by Crippen LogP contribution is -2.40. The van der Waals surface area contributed by atoms with Gasteiger partial charge in [-0.2, -0.15) is 0 Å². The third kappa shape index (κ3) is 7.01. The molecule has 10 nitrogen and oxygen atoms in total. The fraction of sp³-hybridized carbons (Fsp3) is 0.520. The molecule has 2 fully saturated rings. The second kappa shape index (κ2) is 11.8. The number of likely N-dealkylation sites (tertiary alicyclic amines) is 1. The summed E-state index contributed by atoms with van der Waals surface area (Å²) in [6.07, 6.45) is 11.9. The van der Waals surface area contributed by atoms with Crippen LogP contribution in [0.15, 0.2) is 35.6 Å². The number of aromatic nitrogens is 2. The molecule has 2 aromatic heterocycles. The highest BCUT2D eigenvalue weighted by Crippen LogP contribution is 2.20. The number of hydrogen-bond donors (Lipinski definition) is 3. The second-order valence-electron chi connectivity index (χ2n) is 9.57. The van der Waals surface area contributed by atoms with Crippen LogP contribution >= 0.6 is 0 Å². The average molecular weight is 514 g/mol. The summed E-state index contributed by atoms with van der Waals surface area (Å²) in [5, 5.41) is 5.58. The van der Waals surface area contributed by atoms with Crippen molar-refractivity contribution in [1.29, 1.82) is 0 Å². The van der Waals surface area contributed by atoms with E-state index < -0.39 is 9.84 Å². The predicted octanol–water partition coefficient (Wildman–Crippen LogP) is 2.57. The number of nitrogens with one attached hydrogen (secondary N) is 2. The molecule has 0 atom stereocenters. The number of anilines is 1.